The summed E-state index contributed by atoms with van der Waals surface area (Å²) < 4.78 is 9.02. The van der Waals surface area contributed by atoms with Gasteiger partial charge in [-0.1, -0.05) is 17.7 Å². The summed E-state index contributed by atoms with van der Waals surface area (Å²) in [6.07, 6.45) is 6.74. The minimum absolute atomic E-state index is 0.184. The van der Waals surface area contributed by atoms with E-state index in [-0.39, 0.29) is 12.5 Å². The van der Waals surface area contributed by atoms with Crippen LogP contribution in [0.3, 0.4) is 0 Å². The molecule has 1 fully saturated rings. The Morgan fingerprint density at radius 2 is 2.11 bits per heavy atom. The van der Waals surface area contributed by atoms with Crippen molar-refractivity contribution in [3.8, 4) is 17.5 Å². The highest BCUT2D eigenvalue weighted by molar-refractivity contribution is 5.77. The molecule has 0 spiro atoms. The number of rotatable bonds is 8. The Hall–Kier alpha value is -4.39. The van der Waals surface area contributed by atoms with Gasteiger partial charge in [0.2, 0.25) is 0 Å². The number of carboxylic acid groups (broad SMARTS) is 1. The lowest BCUT2D eigenvalue weighted by molar-refractivity contribution is 0.119. The average molecular weight is 500 g/mol. The number of benzene rings is 2. The number of nitriles is 1. The van der Waals surface area contributed by atoms with E-state index in [4.69, 9.17) is 4.74 Å². The van der Waals surface area contributed by atoms with Gasteiger partial charge in [-0.05, 0) is 61.4 Å². The quantitative estimate of drug-likeness (QED) is 0.379. The minimum atomic E-state index is -0.956. The fourth-order valence-electron chi connectivity index (χ4n) is 5.25. The zero-order chi connectivity index (χ0) is 25.8. The first kappa shape index (κ1) is 24.3. The van der Waals surface area contributed by atoms with Gasteiger partial charge in [0.05, 0.1) is 54.5 Å². The van der Waals surface area contributed by atoms with Gasteiger partial charge in [-0.2, -0.15) is 5.26 Å². The van der Waals surface area contributed by atoms with Gasteiger partial charge in [-0.15, -0.1) is 5.10 Å². The van der Waals surface area contributed by atoms with Crippen LogP contribution in [0, 0.1) is 23.2 Å². The van der Waals surface area contributed by atoms with Gasteiger partial charge >= 0.3 is 6.09 Å². The number of aromatic nitrogens is 5. The van der Waals surface area contributed by atoms with Crippen LogP contribution in [-0.4, -0.2) is 54.3 Å². The standard InChI is InChI=1S/C27H29N7O3/c1-37-24-7-3-6-23(12-24)34-17-22(30-31-34)16-32(27(35)36)14-20-4-2-5-21(10-20)15-33-18-29-25-9-8-19(13-28)11-26(25)33/h3,6-9,11-12,17-18,20-21H,2,4-5,10,14-16H2,1H3,(H,35,36)/t20?,21-/m0/s1. The third-order valence-corrected chi connectivity index (χ3v) is 7.06. The van der Waals surface area contributed by atoms with Crippen molar-refractivity contribution in [1.29, 1.82) is 5.26 Å². The van der Waals surface area contributed by atoms with Crippen LogP contribution in [0.5, 0.6) is 5.75 Å². The van der Waals surface area contributed by atoms with Gasteiger partial charge < -0.3 is 19.3 Å². The predicted molar refractivity (Wildman–Crippen MR) is 136 cm³/mol. The normalized spacial score (nSPS) is 17.4. The number of ether oxygens (including phenoxy) is 1. The van der Waals surface area contributed by atoms with E-state index in [0.29, 0.717) is 29.5 Å². The summed E-state index contributed by atoms with van der Waals surface area (Å²) in [6, 6.07) is 15.2. The highest BCUT2D eigenvalue weighted by atomic mass is 16.5. The summed E-state index contributed by atoms with van der Waals surface area (Å²) in [5.41, 5.74) is 3.86. The number of hydrogen-bond acceptors (Lipinski definition) is 6. The number of nitrogens with zero attached hydrogens (tertiary/aromatic N) is 7. The molecule has 1 amide bonds. The lowest BCUT2D eigenvalue weighted by Gasteiger charge is -2.32. The number of carbonyl (C=O) groups is 1. The molecule has 10 heteroatoms. The molecule has 37 heavy (non-hydrogen) atoms. The molecular formula is C27H29N7O3. The first-order valence-corrected chi connectivity index (χ1v) is 12.4. The van der Waals surface area contributed by atoms with Gasteiger partial charge in [0.15, 0.2) is 0 Å². The summed E-state index contributed by atoms with van der Waals surface area (Å²) in [4.78, 5) is 18.0. The summed E-state index contributed by atoms with van der Waals surface area (Å²) >= 11 is 0. The summed E-state index contributed by atoms with van der Waals surface area (Å²) in [5, 5.41) is 27.5. The molecule has 0 bridgehead atoms. The van der Waals surface area contributed by atoms with Gasteiger partial charge in [0, 0.05) is 19.2 Å². The molecule has 1 saturated carbocycles. The number of methoxy groups -OCH3 is 1. The highest BCUT2D eigenvalue weighted by Gasteiger charge is 2.27. The van der Waals surface area contributed by atoms with Crippen molar-refractivity contribution in [3.05, 3.63) is 66.2 Å². The second kappa shape index (κ2) is 10.7. The summed E-state index contributed by atoms with van der Waals surface area (Å²) in [5.74, 6) is 1.40. The third kappa shape index (κ3) is 5.56. The highest BCUT2D eigenvalue weighted by Crippen LogP contribution is 2.32. The van der Waals surface area contributed by atoms with E-state index in [0.717, 1.165) is 48.9 Å². The maximum Gasteiger partial charge on any atom is 0.407 e. The first-order valence-electron chi connectivity index (χ1n) is 12.4. The Labute approximate surface area is 214 Å². The fourth-order valence-corrected chi connectivity index (χ4v) is 5.25. The molecule has 0 radical (unpaired) electrons. The molecule has 0 aliphatic heterocycles. The lowest BCUT2D eigenvalue weighted by atomic mass is 9.81. The Kier molecular flexibility index (Phi) is 7.03. The van der Waals surface area contributed by atoms with E-state index in [9.17, 15) is 15.2 Å². The van der Waals surface area contributed by atoms with Crippen molar-refractivity contribution in [1.82, 2.24) is 29.4 Å². The number of fused-ring (bicyclic) bond motifs is 1. The van der Waals surface area contributed by atoms with Crippen LogP contribution < -0.4 is 4.74 Å². The van der Waals surface area contributed by atoms with Gasteiger partial charge in [0.1, 0.15) is 11.4 Å². The van der Waals surface area contributed by atoms with Crippen molar-refractivity contribution < 1.29 is 14.6 Å². The molecule has 1 unspecified atom stereocenters. The zero-order valence-corrected chi connectivity index (χ0v) is 20.7. The van der Waals surface area contributed by atoms with Gasteiger partial charge in [0.25, 0.3) is 0 Å². The Morgan fingerprint density at radius 1 is 1.24 bits per heavy atom. The van der Waals surface area contributed by atoms with Gasteiger partial charge in [-0.3, -0.25) is 0 Å². The van der Waals surface area contributed by atoms with Crippen LogP contribution in [0.25, 0.3) is 16.7 Å². The third-order valence-electron chi connectivity index (χ3n) is 7.06. The molecule has 1 N–H and O–H groups in total. The molecule has 1 aliphatic rings. The van der Waals surface area contributed by atoms with E-state index >= 15 is 0 Å². The van der Waals surface area contributed by atoms with Crippen molar-refractivity contribution in [2.45, 2.75) is 38.8 Å². The van der Waals surface area contributed by atoms with E-state index in [1.54, 1.807) is 24.1 Å². The minimum Gasteiger partial charge on any atom is -0.497 e. The second-order valence-electron chi connectivity index (χ2n) is 9.63. The van der Waals surface area contributed by atoms with Crippen molar-refractivity contribution >= 4 is 17.1 Å². The molecular weight excluding hydrogens is 470 g/mol. The Bertz CT molecular complexity index is 1440. The summed E-state index contributed by atoms with van der Waals surface area (Å²) in [6.45, 7) is 1.45. The second-order valence-corrected chi connectivity index (χ2v) is 9.63. The Balaban J connectivity index is 1.23. The van der Waals surface area contributed by atoms with Crippen LogP contribution in [-0.2, 0) is 13.1 Å². The molecule has 10 nitrogen and oxygen atoms in total. The largest absolute Gasteiger partial charge is 0.497 e. The van der Waals surface area contributed by atoms with Crippen LogP contribution in [0.2, 0.25) is 0 Å². The maximum atomic E-state index is 12.1. The molecule has 4 aromatic rings. The van der Waals surface area contributed by atoms with Crippen molar-refractivity contribution in [2.75, 3.05) is 13.7 Å². The van der Waals surface area contributed by atoms with Crippen molar-refractivity contribution in [3.63, 3.8) is 0 Å². The molecule has 5 rings (SSSR count). The SMILES string of the molecule is COc1cccc(-n2cc(CN(CC3CCC[C@H](Cn4cnc5ccc(C#N)cc54)C3)C(=O)O)nn2)c1. The van der Waals surface area contributed by atoms with Crippen LogP contribution in [0.4, 0.5) is 4.79 Å². The molecule has 2 aromatic heterocycles. The Morgan fingerprint density at radius 3 is 2.92 bits per heavy atom. The van der Waals surface area contributed by atoms with Crippen LogP contribution in [0.1, 0.15) is 36.9 Å². The van der Waals surface area contributed by atoms with E-state index in [1.807, 2.05) is 42.7 Å². The average Bonchev–Trinajstić information content (AvgIpc) is 3.55. The smallest absolute Gasteiger partial charge is 0.407 e. The predicted octanol–water partition coefficient (Wildman–Crippen LogP) is 4.48. The molecule has 0 saturated heterocycles. The first-order chi connectivity index (χ1) is 18.0. The molecule has 1 aliphatic carbocycles. The zero-order valence-electron chi connectivity index (χ0n) is 20.7. The van der Waals surface area contributed by atoms with E-state index in [2.05, 4.69) is 25.9 Å². The molecule has 190 valence electrons. The number of imidazole rings is 1. The summed E-state index contributed by atoms with van der Waals surface area (Å²) in [7, 11) is 1.61. The maximum absolute atomic E-state index is 12.1. The van der Waals surface area contributed by atoms with E-state index in [1.165, 1.54) is 4.90 Å². The topological polar surface area (TPSA) is 122 Å². The van der Waals surface area contributed by atoms with Gasteiger partial charge in [-0.25, -0.2) is 14.5 Å². The molecule has 2 aromatic carbocycles. The molecule has 2 heterocycles. The lowest BCUT2D eigenvalue weighted by Crippen LogP contribution is -2.36. The number of amides is 1. The van der Waals surface area contributed by atoms with Crippen LogP contribution in [0.15, 0.2) is 55.0 Å². The monoisotopic (exact) mass is 499 g/mol. The van der Waals surface area contributed by atoms with E-state index < -0.39 is 6.09 Å². The van der Waals surface area contributed by atoms with Crippen LogP contribution >= 0.6 is 0 Å². The van der Waals surface area contributed by atoms with Crippen molar-refractivity contribution in [2.24, 2.45) is 11.8 Å². The number of hydrogen-bond donors (Lipinski definition) is 1. The fraction of sp³-hybridized carbons (Fsp3) is 0.370. The molecule has 2 atom stereocenters.